The lowest BCUT2D eigenvalue weighted by atomic mass is 9.99. The molecule has 0 spiro atoms. The number of amides is 1. The molecule has 1 aliphatic heterocycles. The average molecular weight is 363 g/mol. The van der Waals surface area contributed by atoms with Crippen molar-refractivity contribution in [2.75, 3.05) is 19.6 Å². The summed E-state index contributed by atoms with van der Waals surface area (Å²) in [4.78, 5) is 18.7. The van der Waals surface area contributed by atoms with Gasteiger partial charge in [0, 0.05) is 12.1 Å². The summed E-state index contributed by atoms with van der Waals surface area (Å²) in [6.45, 7) is 8.91. The van der Waals surface area contributed by atoms with E-state index in [1.165, 1.54) is 18.4 Å². The Morgan fingerprint density at radius 3 is 2.52 bits per heavy atom. The lowest BCUT2D eigenvalue weighted by Crippen LogP contribution is -2.20. The molecular weight excluding hydrogens is 338 g/mol. The van der Waals surface area contributed by atoms with Gasteiger partial charge in [-0.3, -0.25) is 14.9 Å². The van der Waals surface area contributed by atoms with Crippen molar-refractivity contribution in [3.63, 3.8) is 0 Å². The summed E-state index contributed by atoms with van der Waals surface area (Å²) in [5.41, 5.74) is 6.28. The van der Waals surface area contributed by atoms with Crippen LogP contribution in [0.4, 0.5) is 0 Å². The third-order valence-corrected chi connectivity index (χ3v) is 4.82. The molecule has 1 saturated heterocycles. The normalized spacial score (nSPS) is 15.0. The van der Waals surface area contributed by atoms with Gasteiger partial charge in [0.2, 0.25) is 0 Å². The van der Waals surface area contributed by atoms with Crippen LogP contribution in [-0.4, -0.2) is 40.6 Å². The minimum atomic E-state index is -0.655. The summed E-state index contributed by atoms with van der Waals surface area (Å²) in [6, 6.07) is 13.9. The number of hydroxylamine groups is 1. The molecule has 5 heteroatoms. The van der Waals surface area contributed by atoms with E-state index in [1.807, 2.05) is 12.1 Å². The van der Waals surface area contributed by atoms with Gasteiger partial charge >= 0.3 is 0 Å². The van der Waals surface area contributed by atoms with Crippen LogP contribution in [0.1, 0.15) is 35.4 Å². The van der Waals surface area contributed by atoms with Gasteiger partial charge in [0.15, 0.2) is 0 Å². The van der Waals surface area contributed by atoms with Crippen LogP contribution < -0.4 is 5.48 Å². The van der Waals surface area contributed by atoms with Crippen LogP contribution in [0.5, 0.6) is 0 Å². The smallest absolute Gasteiger partial charge is 0.276 e. The van der Waals surface area contributed by atoms with Gasteiger partial charge in [0.05, 0.1) is 17.0 Å². The quantitative estimate of drug-likeness (QED) is 0.469. The Morgan fingerprint density at radius 2 is 1.85 bits per heavy atom. The molecule has 2 N–H and O–H groups in total. The number of aromatic nitrogens is 1. The highest BCUT2D eigenvalue weighted by Crippen LogP contribution is 2.24. The number of hydrogen-bond donors (Lipinski definition) is 2. The van der Waals surface area contributed by atoms with Crippen LogP contribution >= 0.6 is 0 Å². The Morgan fingerprint density at radius 1 is 1.19 bits per heavy atom. The fourth-order valence-corrected chi connectivity index (χ4v) is 3.23. The predicted molar refractivity (Wildman–Crippen MR) is 107 cm³/mol. The fraction of sp³-hybridized carbons (Fsp3) is 0.273. The van der Waals surface area contributed by atoms with Crippen molar-refractivity contribution in [2.45, 2.75) is 19.8 Å². The molecule has 2 aromatic rings. The first kappa shape index (κ1) is 19.0. The monoisotopic (exact) mass is 363 g/mol. The Hall–Kier alpha value is -2.76. The molecule has 140 valence electrons. The van der Waals surface area contributed by atoms with Gasteiger partial charge in [-0.05, 0) is 50.6 Å². The average Bonchev–Trinajstić information content (AvgIpc) is 3.22. The molecule has 1 fully saturated rings. The highest BCUT2D eigenvalue weighted by Gasteiger charge is 2.14. The zero-order valence-corrected chi connectivity index (χ0v) is 15.6. The molecular formula is C22H25N3O2. The van der Waals surface area contributed by atoms with Crippen molar-refractivity contribution in [1.29, 1.82) is 0 Å². The van der Waals surface area contributed by atoms with Gasteiger partial charge in [0.1, 0.15) is 0 Å². The zero-order chi connectivity index (χ0) is 19.2. The number of pyridine rings is 1. The maximum absolute atomic E-state index is 11.7. The summed E-state index contributed by atoms with van der Waals surface area (Å²) in [5, 5.41) is 8.85. The number of nitrogens with one attached hydrogen (secondary N) is 1. The first-order valence-electron chi connectivity index (χ1n) is 9.19. The minimum Gasteiger partial charge on any atom is -0.300 e. The van der Waals surface area contributed by atoms with Crippen molar-refractivity contribution in [1.82, 2.24) is 15.4 Å². The van der Waals surface area contributed by atoms with E-state index < -0.39 is 5.91 Å². The van der Waals surface area contributed by atoms with E-state index in [2.05, 4.69) is 53.7 Å². The number of likely N-dealkylation sites (tertiary alicyclic amines) is 1. The molecule has 0 unspecified atom stereocenters. The largest absolute Gasteiger partial charge is 0.300 e. The van der Waals surface area contributed by atoms with Crippen molar-refractivity contribution in [3.8, 4) is 0 Å². The molecule has 1 amide bonds. The van der Waals surface area contributed by atoms with E-state index >= 15 is 0 Å². The summed E-state index contributed by atoms with van der Waals surface area (Å²) >= 11 is 0. The van der Waals surface area contributed by atoms with Crippen LogP contribution in [0.25, 0.3) is 11.1 Å². The predicted octanol–water partition coefficient (Wildman–Crippen LogP) is 3.44. The molecule has 0 bridgehead atoms. The molecule has 5 nitrogen and oxygen atoms in total. The molecule has 2 heterocycles. The third kappa shape index (κ3) is 4.70. The molecule has 1 aliphatic rings. The van der Waals surface area contributed by atoms with E-state index in [9.17, 15) is 4.79 Å². The highest BCUT2D eigenvalue weighted by molar-refractivity contribution is 6.17. The molecule has 0 aliphatic carbocycles. The second-order valence-corrected chi connectivity index (χ2v) is 6.82. The van der Waals surface area contributed by atoms with Crippen LogP contribution in [-0.2, 0) is 4.79 Å². The van der Waals surface area contributed by atoms with Crippen molar-refractivity contribution >= 4 is 17.1 Å². The van der Waals surface area contributed by atoms with Crippen molar-refractivity contribution in [2.24, 2.45) is 0 Å². The fourth-order valence-electron chi connectivity index (χ4n) is 3.23. The lowest BCUT2D eigenvalue weighted by Gasteiger charge is -2.15. The SMILES string of the molecule is C=C(C(=O)NO)c1cccc(C(=CCN2CCCC2)c2ccc(C)cc2)n1. The molecule has 0 saturated carbocycles. The van der Waals surface area contributed by atoms with Gasteiger partial charge in [-0.2, -0.15) is 0 Å². The second-order valence-electron chi connectivity index (χ2n) is 6.82. The number of aryl methyl sites for hydroxylation is 1. The molecule has 1 aromatic heterocycles. The van der Waals surface area contributed by atoms with Gasteiger partial charge in [-0.25, -0.2) is 10.5 Å². The Balaban J connectivity index is 1.96. The van der Waals surface area contributed by atoms with Crippen LogP contribution in [0.2, 0.25) is 0 Å². The number of hydrogen-bond acceptors (Lipinski definition) is 4. The zero-order valence-electron chi connectivity index (χ0n) is 15.6. The third-order valence-electron chi connectivity index (χ3n) is 4.82. The molecule has 27 heavy (non-hydrogen) atoms. The summed E-state index contributed by atoms with van der Waals surface area (Å²) in [5.74, 6) is -0.655. The Bertz CT molecular complexity index is 850. The van der Waals surface area contributed by atoms with Gasteiger partial charge < -0.3 is 0 Å². The summed E-state index contributed by atoms with van der Waals surface area (Å²) in [6.07, 6.45) is 4.70. The molecule has 0 atom stereocenters. The van der Waals surface area contributed by atoms with Gasteiger partial charge in [-0.1, -0.05) is 48.6 Å². The van der Waals surface area contributed by atoms with E-state index in [-0.39, 0.29) is 5.57 Å². The van der Waals surface area contributed by atoms with Gasteiger partial charge in [-0.15, -0.1) is 0 Å². The number of benzene rings is 1. The van der Waals surface area contributed by atoms with E-state index in [1.54, 1.807) is 11.5 Å². The maximum Gasteiger partial charge on any atom is 0.276 e. The summed E-state index contributed by atoms with van der Waals surface area (Å²) < 4.78 is 0. The Labute approximate surface area is 160 Å². The molecule has 3 rings (SSSR count). The number of rotatable bonds is 6. The number of nitrogens with zero attached hydrogens (tertiary/aromatic N) is 2. The topological polar surface area (TPSA) is 65.5 Å². The number of carbonyl (C=O) groups excluding carboxylic acids is 1. The van der Waals surface area contributed by atoms with Crippen molar-refractivity contribution in [3.05, 3.63) is 77.6 Å². The van der Waals surface area contributed by atoms with E-state index in [0.717, 1.165) is 36.5 Å². The molecule has 0 radical (unpaired) electrons. The van der Waals surface area contributed by atoms with Crippen LogP contribution in [0, 0.1) is 6.92 Å². The second kappa shape index (κ2) is 8.75. The van der Waals surface area contributed by atoms with E-state index in [0.29, 0.717) is 5.69 Å². The van der Waals surface area contributed by atoms with Crippen molar-refractivity contribution < 1.29 is 10.0 Å². The maximum atomic E-state index is 11.7. The van der Waals surface area contributed by atoms with Gasteiger partial charge in [0.25, 0.3) is 5.91 Å². The van der Waals surface area contributed by atoms with E-state index in [4.69, 9.17) is 5.21 Å². The molecule has 1 aromatic carbocycles. The minimum absolute atomic E-state index is 0.127. The lowest BCUT2D eigenvalue weighted by molar-refractivity contribution is -0.123. The van der Waals surface area contributed by atoms with Crippen LogP contribution in [0.15, 0.2) is 55.1 Å². The first-order valence-corrected chi connectivity index (χ1v) is 9.19. The summed E-state index contributed by atoms with van der Waals surface area (Å²) in [7, 11) is 0. The number of carbonyl (C=O) groups is 1. The first-order chi connectivity index (χ1) is 13.1. The Kier molecular flexibility index (Phi) is 6.16. The van der Waals surface area contributed by atoms with Crippen LogP contribution in [0.3, 0.4) is 0 Å². The highest BCUT2D eigenvalue weighted by atomic mass is 16.5. The standard InChI is InChI=1S/C22H25N3O2/c1-16-8-10-18(11-9-16)19(12-15-25-13-3-4-14-25)21-7-5-6-20(23-21)17(2)22(26)24-27/h5-12,27H,2-4,13-15H2,1H3,(H,24,26).